The molecule has 0 saturated carbocycles. The van der Waals surface area contributed by atoms with Crippen LogP contribution in [0.4, 0.5) is 0 Å². The molecule has 8 heteroatoms. The third kappa shape index (κ3) is 5.02. The molecule has 0 aliphatic rings. The van der Waals surface area contributed by atoms with Crippen molar-refractivity contribution in [2.24, 2.45) is 0 Å². The molecule has 1 amide bonds. The van der Waals surface area contributed by atoms with Crippen molar-refractivity contribution >= 4 is 17.6 Å². The molecule has 0 aliphatic heterocycles. The van der Waals surface area contributed by atoms with Crippen LogP contribution in [0.25, 0.3) is 11.7 Å². The first kappa shape index (κ1) is 22.7. The minimum absolute atomic E-state index is 0.0122. The van der Waals surface area contributed by atoms with Crippen molar-refractivity contribution in [1.82, 2.24) is 14.7 Å². The fraction of sp³-hybridized carbons (Fsp3) is 0.250. The SMILES string of the molecule is COCCCNC(=O)C(C#N)=Cc1c(Oc2cccc(C)c2C)nc2ccccn2c1=O. The first-order chi connectivity index (χ1) is 15.5. The van der Waals surface area contributed by atoms with Crippen molar-refractivity contribution in [3.05, 3.63) is 75.2 Å². The molecule has 0 bridgehead atoms. The van der Waals surface area contributed by atoms with Gasteiger partial charge in [0.15, 0.2) is 0 Å². The number of nitrogens with one attached hydrogen (secondary N) is 1. The lowest BCUT2D eigenvalue weighted by atomic mass is 10.1. The molecule has 32 heavy (non-hydrogen) atoms. The van der Waals surface area contributed by atoms with Gasteiger partial charge >= 0.3 is 0 Å². The van der Waals surface area contributed by atoms with Crippen LogP contribution in [0.5, 0.6) is 11.6 Å². The average Bonchev–Trinajstić information content (AvgIpc) is 2.79. The lowest BCUT2D eigenvalue weighted by Crippen LogP contribution is -2.27. The van der Waals surface area contributed by atoms with E-state index < -0.39 is 11.5 Å². The van der Waals surface area contributed by atoms with Gasteiger partial charge in [-0.1, -0.05) is 18.2 Å². The Bertz CT molecular complexity index is 1270. The van der Waals surface area contributed by atoms with Crippen LogP contribution in [0, 0.1) is 25.2 Å². The zero-order chi connectivity index (χ0) is 23.1. The molecule has 0 aliphatic carbocycles. The summed E-state index contributed by atoms with van der Waals surface area (Å²) < 4.78 is 12.3. The van der Waals surface area contributed by atoms with E-state index in [1.165, 1.54) is 10.5 Å². The number of nitrogens with zero attached hydrogens (tertiary/aromatic N) is 3. The standard InChI is InChI=1S/C24H24N4O4/c1-16-8-6-9-20(17(16)2)32-23-19(24(30)28-12-5-4-10-21(28)27-23)14-18(15-25)22(29)26-11-7-13-31-3/h4-6,8-10,12,14H,7,11,13H2,1-3H3,(H,26,29). The van der Waals surface area contributed by atoms with Crippen molar-refractivity contribution in [2.45, 2.75) is 20.3 Å². The molecular weight excluding hydrogens is 408 g/mol. The summed E-state index contributed by atoms with van der Waals surface area (Å²) in [4.78, 5) is 30.2. The molecular formula is C24H24N4O4. The van der Waals surface area contributed by atoms with Gasteiger partial charge in [0.05, 0.1) is 0 Å². The predicted octanol–water partition coefficient (Wildman–Crippen LogP) is 3.16. The number of hydrogen-bond donors (Lipinski definition) is 1. The summed E-state index contributed by atoms with van der Waals surface area (Å²) in [7, 11) is 1.57. The van der Waals surface area contributed by atoms with E-state index in [4.69, 9.17) is 9.47 Å². The maximum absolute atomic E-state index is 13.2. The van der Waals surface area contributed by atoms with Crippen molar-refractivity contribution in [1.29, 1.82) is 5.26 Å². The van der Waals surface area contributed by atoms with Crippen LogP contribution in [0.3, 0.4) is 0 Å². The lowest BCUT2D eigenvalue weighted by Gasteiger charge is -2.13. The number of carbonyl (C=O) groups is 1. The molecule has 2 aromatic heterocycles. The van der Waals surface area contributed by atoms with E-state index in [1.54, 1.807) is 37.6 Å². The number of rotatable bonds is 8. The van der Waals surface area contributed by atoms with Gasteiger partial charge < -0.3 is 14.8 Å². The van der Waals surface area contributed by atoms with E-state index in [0.29, 0.717) is 31.0 Å². The first-order valence-electron chi connectivity index (χ1n) is 10.1. The monoisotopic (exact) mass is 432 g/mol. The Kier molecular flexibility index (Phi) is 7.37. The van der Waals surface area contributed by atoms with E-state index in [-0.39, 0.29) is 17.0 Å². The molecule has 8 nitrogen and oxygen atoms in total. The van der Waals surface area contributed by atoms with Crippen LogP contribution in [0.15, 0.2) is 53.0 Å². The first-order valence-corrected chi connectivity index (χ1v) is 10.1. The maximum Gasteiger partial charge on any atom is 0.269 e. The van der Waals surface area contributed by atoms with Gasteiger partial charge in [-0.15, -0.1) is 0 Å². The van der Waals surface area contributed by atoms with Crippen LogP contribution >= 0.6 is 0 Å². The van der Waals surface area contributed by atoms with E-state index in [0.717, 1.165) is 11.1 Å². The van der Waals surface area contributed by atoms with Crippen molar-refractivity contribution in [2.75, 3.05) is 20.3 Å². The lowest BCUT2D eigenvalue weighted by molar-refractivity contribution is -0.117. The second-order valence-electron chi connectivity index (χ2n) is 7.14. The molecule has 0 spiro atoms. The second-order valence-corrected chi connectivity index (χ2v) is 7.14. The molecule has 3 aromatic rings. The summed E-state index contributed by atoms with van der Waals surface area (Å²) in [6.45, 7) is 4.68. The normalized spacial score (nSPS) is 11.2. The summed E-state index contributed by atoms with van der Waals surface area (Å²) in [5, 5.41) is 12.2. The Morgan fingerprint density at radius 2 is 2.06 bits per heavy atom. The highest BCUT2D eigenvalue weighted by molar-refractivity contribution is 6.01. The van der Waals surface area contributed by atoms with Gasteiger partial charge in [0.1, 0.15) is 28.6 Å². The van der Waals surface area contributed by atoms with Crippen molar-refractivity contribution in [3.63, 3.8) is 0 Å². The Morgan fingerprint density at radius 3 is 2.81 bits per heavy atom. The Balaban J connectivity index is 2.08. The number of methoxy groups -OCH3 is 1. The average molecular weight is 432 g/mol. The Labute approximate surface area is 185 Å². The number of fused-ring (bicyclic) bond motifs is 1. The highest BCUT2D eigenvalue weighted by Crippen LogP contribution is 2.28. The fourth-order valence-electron chi connectivity index (χ4n) is 3.03. The van der Waals surface area contributed by atoms with E-state index >= 15 is 0 Å². The third-order valence-corrected chi connectivity index (χ3v) is 4.96. The molecule has 0 unspecified atom stereocenters. The Morgan fingerprint density at radius 1 is 1.25 bits per heavy atom. The minimum atomic E-state index is -0.584. The minimum Gasteiger partial charge on any atom is -0.438 e. The number of carbonyl (C=O) groups excluding carboxylic acids is 1. The summed E-state index contributed by atoms with van der Waals surface area (Å²) in [6.07, 6.45) is 3.39. The zero-order valence-electron chi connectivity index (χ0n) is 18.2. The highest BCUT2D eigenvalue weighted by Gasteiger charge is 2.18. The number of pyridine rings is 1. The van der Waals surface area contributed by atoms with Crippen LogP contribution in [0.1, 0.15) is 23.1 Å². The highest BCUT2D eigenvalue weighted by atomic mass is 16.5. The van der Waals surface area contributed by atoms with Crippen LogP contribution in [-0.4, -0.2) is 35.6 Å². The van der Waals surface area contributed by atoms with Crippen LogP contribution < -0.4 is 15.6 Å². The fourth-order valence-corrected chi connectivity index (χ4v) is 3.03. The topological polar surface area (TPSA) is 106 Å². The molecule has 164 valence electrons. The number of ether oxygens (including phenoxy) is 2. The molecule has 0 atom stereocenters. The van der Waals surface area contributed by atoms with E-state index in [2.05, 4.69) is 10.3 Å². The van der Waals surface area contributed by atoms with Crippen LogP contribution in [-0.2, 0) is 9.53 Å². The number of aromatic nitrogens is 2. The Hall–Kier alpha value is -3.96. The van der Waals surface area contributed by atoms with Gasteiger partial charge in [0.2, 0.25) is 5.88 Å². The van der Waals surface area contributed by atoms with Crippen molar-refractivity contribution in [3.8, 4) is 17.7 Å². The quantitative estimate of drug-likeness (QED) is 0.333. The second kappa shape index (κ2) is 10.4. The number of amides is 1. The summed E-state index contributed by atoms with van der Waals surface area (Å²) in [5.41, 5.74) is 1.65. The van der Waals surface area contributed by atoms with Crippen molar-refractivity contribution < 1.29 is 14.3 Å². The van der Waals surface area contributed by atoms with E-state index in [1.807, 2.05) is 32.0 Å². The van der Waals surface area contributed by atoms with Crippen LogP contribution in [0.2, 0.25) is 0 Å². The summed E-state index contributed by atoms with van der Waals surface area (Å²) in [5.74, 6) is -0.0250. The number of benzene rings is 1. The smallest absolute Gasteiger partial charge is 0.269 e. The third-order valence-electron chi connectivity index (χ3n) is 4.96. The maximum atomic E-state index is 13.2. The van der Waals surface area contributed by atoms with Gasteiger partial charge in [0, 0.05) is 26.5 Å². The number of nitriles is 1. The van der Waals surface area contributed by atoms with Gasteiger partial charge in [0.25, 0.3) is 11.5 Å². The summed E-state index contributed by atoms with van der Waals surface area (Å²) in [6, 6.07) is 12.6. The molecule has 1 aromatic carbocycles. The van der Waals surface area contributed by atoms with Gasteiger partial charge in [-0.3, -0.25) is 14.0 Å². The predicted molar refractivity (Wildman–Crippen MR) is 121 cm³/mol. The van der Waals surface area contributed by atoms with Gasteiger partial charge in [-0.05, 0) is 55.7 Å². The summed E-state index contributed by atoms with van der Waals surface area (Å²) >= 11 is 0. The molecule has 1 N–H and O–H groups in total. The molecule has 0 saturated heterocycles. The van der Waals surface area contributed by atoms with Gasteiger partial charge in [-0.25, -0.2) is 0 Å². The van der Waals surface area contributed by atoms with E-state index in [9.17, 15) is 14.9 Å². The molecule has 2 heterocycles. The molecule has 0 radical (unpaired) electrons. The zero-order valence-corrected chi connectivity index (χ0v) is 18.2. The molecule has 3 rings (SSSR count). The molecule has 0 fully saturated rings. The largest absolute Gasteiger partial charge is 0.438 e. The number of hydrogen-bond acceptors (Lipinski definition) is 6. The number of aryl methyl sites for hydroxylation is 1. The van der Waals surface area contributed by atoms with Gasteiger partial charge in [-0.2, -0.15) is 10.2 Å².